The monoisotopic (exact) mass is 539 g/mol. The van der Waals surface area contributed by atoms with E-state index in [4.69, 9.17) is 32.7 Å². The zero-order valence-electron chi connectivity index (χ0n) is 21.1. The van der Waals surface area contributed by atoms with Crippen LogP contribution in [-0.4, -0.2) is 31.0 Å². The highest BCUT2D eigenvalue weighted by Gasteiger charge is 2.47. The van der Waals surface area contributed by atoms with E-state index in [0.29, 0.717) is 17.2 Å². The highest BCUT2D eigenvalue weighted by Crippen LogP contribution is 2.48. The van der Waals surface area contributed by atoms with Crippen LogP contribution in [0.4, 0.5) is 5.69 Å². The van der Waals surface area contributed by atoms with Crippen molar-refractivity contribution in [2.75, 3.05) is 19.1 Å². The number of rotatable bonds is 6. The Morgan fingerprint density at radius 2 is 1.62 bits per heavy atom. The fourth-order valence-electron chi connectivity index (χ4n) is 4.57. The van der Waals surface area contributed by atoms with Gasteiger partial charge in [0.25, 0.3) is 11.7 Å². The van der Waals surface area contributed by atoms with Crippen LogP contribution in [0.5, 0.6) is 11.5 Å². The average molecular weight is 540 g/mol. The molecule has 1 fully saturated rings. The van der Waals surface area contributed by atoms with Gasteiger partial charge in [0, 0.05) is 5.69 Å². The highest BCUT2D eigenvalue weighted by atomic mass is 35.5. The van der Waals surface area contributed by atoms with Crippen molar-refractivity contribution < 1.29 is 24.2 Å². The van der Waals surface area contributed by atoms with E-state index in [1.165, 1.54) is 25.2 Å². The number of Topliss-reactive ketones (excluding diaryl/α,β-unsaturated/α-hetero) is 1. The Kier molecular flexibility index (Phi) is 7.53. The van der Waals surface area contributed by atoms with Gasteiger partial charge in [0.1, 0.15) is 10.8 Å². The van der Waals surface area contributed by atoms with E-state index < -0.39 is 23.5 Å². The van der Waals surface area contributed by atoms with Crippen LogP contribution in [0.2, 0.25) is 10.0 Å². The number of aliphatic hydroxyl groups excluding tert-OH is 1. The van der Waals surface area contributed by atoms with Gasteiger partial charge in [0.15, 0.2) is 11.5 Å². The fraction of sp³-hybridized carbons (Fsp3) is 0.241. The topological polar surface area (TPSA) is 76.1 Å². The molecule has 0 radical (unpaired) electrons. The Hall–Kier alpha value is -3.48. The first kappa shape index (κ1) is 26.6. The molecule has 8 heteroatoms. The Morgan fingerprint density at radius 3 is 2.19 bits per heavy atom. The van der Waals surface area contributed by atoms with Crippen LogP contribution in [0.25, 0.3) is 5.76 Å². The van der Waals surface area contributed by atoms with Crippen LogP contribution < -0.4 is 14.4 Å². The third-order valence-electron chi connectivity index (χ3n) is 6.43. The number of nitrogens with zero attached hydrogens (tertiary/aromatic N) is 1. The van der Waals surface area contributed by atoms with Crippen molar-refractivity contribution >= 4 is 46.3 Å². The van der Waals surface area contributed by atoms with E-state index in [0.717, 1.165) is 11.1 Å². The second-order valence-corrected chi connectivity index (χ2v) is 9.90. The SMILES string of the molecule is COc1c(Cl)cc(/C(O)=C2\C(=O)C(=O)N(c3ccc(C(C)C)cc3)C2c2cccc(C)c2)c(OC)c1Cl. The Morgan fingerprint density at radius 1 is 0.973 bits per heavy atom. The molecule has 3 aromatic rings. The van der Waals surface area contributed by atoms with Crippen molar-refractivity contribution in [3.05, 3.63) is 92.5 Å². The lowest BCUT2D eigenvalue weighted by Crippen LogP contribution is -2.29. The van der Waals surface area contributed by atoms with Gasteiger partial charge in [-0.05, 0) is 42.2 Å². The Balaban J connectivity index is 1.99. The second-order valence-electron chi connectivity index (χ2n) is 9.12. The summed E-state index contributed by atoms with van der Waals surface area (Å²) >= 11 is 12.8. The van der Waals surface area contributed by atoms with E-state index >= 15 is 0 Å². The predicted octanol–water partition coefficient (Wildman–Crippen LogP) is 7.07. The van der Waals surface area contributed by atoms with Gasteiger partial charge in [-0.2, -0.15) is 0 Å². The lowest BCUT2D eigenvalue weighted by Gasteiger charge is -2.26. The molecule has 4 rings (SSSR count). The van der Waals surface area contributed by atoms with Crippen molar-refractivity contribution in [3.8, 4) is 11.5 Å². The first-order chi connectivity index (χ1) is 17.6. The number of amides is 1. The molecule has 0 aromatic heterocycles. The van der Waals surface area contributed by atoms with Crippen LogP contribution in [0.3, 0.4) is 0 Å². The van der Waals surface area contributed by atoms with Crippen molar-refractivity contribution in [1.29, 1.82) is 0 Å². The molecule has 1 atom stereocenters. The molecule has 1 aliphatic heterocycles. The van der Waals surface area contributed by atoms with Gasteiger partial charge in [-0.15, -0.1) is 0 Å². The van der Waals surface area contributed by atoms with Crippen molar-refractivity contribution in [1.82, 2.24) is 0 Å². The molecule has 37 heavy (non-hydrogen) atoms. The van der Waals surface area contributed by atoms with Crippen LogP contribution >= 0.6 is 23.2 Å². The van der Waals surface area contributed by atoms with Crippen molar-refractivity contribution in [2.45, 2.75) is 32.7 Å². The lowest BCUT2D eigenvalue weighted by molar-refractivity contribution is -0.132. The van der Waals surface area contributed by atoms with E-state index in [1.807, 2.05) is 55.5 Å². The molecule has 192 valence electrons. The summed E-state index contributed by atoms with van der Waals surface area (Å²) in [5.74, 6) is -1.51. The summed E-state index contributed by atoms with van der Waals surface area (Å²) in [6, 6.07) is 15.4. The standard InChI is InChI=1S/C29H27Cl2NO5/c1-15(2)17-9-11-19(12-10-17)32-24(18-8-6-7-16(3)13-18)22(26(34)29(32)35)25(33)20-14-21(30)28(37-5)23(31)27(20)36-4/h6-15,24,33H,1-5H3/b25-22+. The third kappa shape index (κ3) is 4.67. The minimum Gasteiger partial charge on any atom is -0.507 e. The van der Waals surface area contributed by atoms with Gasteiger partial charge in [-0.3, -0.25) is 14.5 Å². The molecule has 1 heterocycles. The molecule has 1 amide bonds. The molecule has 0 spiro atoms. The van der Waals surface area contributed by atoms with Gasteiger partial charge in [-0.25, -0.2) is 0 Å². The maximum atomic E-state index is 13.5. The molecule has 3 aromatic carbocycles. The first-order valence-electron chi connectivity index (χ1n) is 11.7. The molecule has 1 saturated heterocycles. The van der Waals surface area contributed by atoms with Gasteiger partial charge >= 0.3 is 0 Å². The zero-order chi connectivity index (χ0) is 27.0. The number of halogens is 2. The van der Waals surface area contributed by atoms with Crippen LogP contribution in [0.15, 0.2) is 60.2 Å². The number of methoxy groups -OCH3 is 2. The minimum atomic E-state index is -0.894. The maximum Gasteiger partial charge on any atom is 0.300 e. The van der Waals surface area contributed by atoms with E-state index in [-0.39, 0.29) is 32.7 Å². The maximum absolute atomic E-state index is 13.5. The minimum absolute atomic E-state index is 0.0321. The molecular formula is C29H27Cl2NO5. The van der Waals surface area contributed by atoms with Gasteiger partial charge in [0.05, 0.1) is 36.4 Å². The van der Waals surface area contributed by atoms with Crippen LogP contribution in [0.1, 0.15) is 48.1 Å². The molecule has 1 aliphatic rings. The number of hydrogen-bond donors (Lipinski definition) is 1. The van der Waals surface area contributed by atoms with E-state index in [9.17, 15) is 14.7 Å². The first-order valence-corrected chi connectivity index (χ1v) is 12.4. The Labute approximate surface area is 226 Å². The lowest BCUT2D eigenvalue weighted by atomic mass is 9.93. The summed E-state index contributed by atoms with van der Waals surface area (Å²) in [5.41, 5.74) is 3.21. The summed E-state index contributed by atoms with van der Waals surface area (Å²) in [5, 5.41) is 11.7. The Bertz CT molecular complexity index is 1410. The summed E-state index contributed by atoms with van der Waals surface area (Å²) in [6.07, 6.45) is 0. The van der Waals surface area contributed by atoms with Gasteiger partial charge in [0.2, 0.25) is 0 Å². The molecule has 0 bridgehead atoms. The number of benzene rings is 3. The summed E-state index contributed by atoms with van der Waals surface area (Å²) < 4.78 is 10.7. The van der Waals surface area contributed by atoms with Crippen LogP contribution in [0, 0.1) is 6.92 Å². The van der Waals surface area contributed by atoms with Gasteiger partial charge in [-0.1, -0.05) is 79.0 Å². The van der Waals surface area contributed by atoms with E-state index in [2.05, 4.69) is 13.8 Å². The molecule has 0 saturated carbocycles. The number of aliphatic hydroxyl groups is 1. The molecule has 1 N–H and O–H groups in total. The molecular weight excluding hydrogens is 513 g/mol. The molecule has 1 unspecified atom stereocenters. The summed E-state index contributed by atoms with van der Waals surface area (Å²) in [6.45, 7) is 6.07. The normalized spacial score (nSPS) is 17.0. The predicted molar refractivity (Wildman–Crippen MR) is 146 cm³/mol. The number of ether oxygens (including phenoxy) is 2. The number of carbonyl (C=O) groups is 2. The van der Waals surface area contributed by atoms with Crippen molar-refractivity contribution in [3.63, 3.8) is 0 Å². The number of anilines is 1. The summed E-state index contributed by atoms with van der Waals surface area (Å²) in [7, 11) is 2.78. The molecule has 6 nitrogen and oxygen atoms in total. The largest absolute Gasteiger partial charge is 0.507 e. The number of carbonyl (C=O) groups excluding carboxylic acids is 2. The third-order valence-corrected chi connectivity index (χ3v) is 7.06. The second kappa shape index (κ2) is 10.5. The van der Waals surface area contributed by atoms with Crippen LogP contribution in [-0.2, 0) is 9.59 Å². The van der Waals surface area contributed by atoms with Gasteiger partial charge < -0.3 is 14.6 Å². The average Bonchev–Trinajstić information content (AvgIpc) is 3.14. The number of ketones is 1. The highest BCUT2D eigenvalue weighted by molar-refractivity contribution is 6.52. The summed E-state index contributed by atoms with van der Waals surface area (Å²) in [4.78, 5) is 28.4. The van der Waals surface area contributed by atoms with Crippen molar-refractivity contribution in [2.24, 2.45) is 0 Å². The zero-order valence-corrected chi connectivity index (χ0v) is 22.6. The molecule has 0 aliphatic carbocycles. The van der Waals surface area contributed by atoms with E-state index in [1.54, 1.807) is 0 Å². The number of hydrogen-bond acceptors (Lipinski definition) is 5. The number of aryl methyl sites for hydroxylation is 1. The quantitative estimate of drug-likeness (QED) is 0.206. The smallest absolute Gasteiger partial charge is 0.300 e. The fourth-order valence-corrected chi connectivity index (χ4v) is 5.25.